The van der Waals surface area contributed by atoms with Crippen molar-refractivity contribution in [1.82, 2.24) is 14.9 Å². The molecule has 8 heteroatoms. The van der Waals surface area contributed by atoms with Crippen molar-refractivity contribution < 1.29 is 4.79 Å². The van der Waals surface area contributed by atoms with Crippen molar-refractivity contribution in [3.05, 3.63) is 35.1 Å². The van der Waals surface area contributed by atoms with Gasteiger partial charge in [0.25, 0.3) is 0 Å². The van der Waals surface area contributed by atoms with Crippen molar-refractivity contribution in [2.75, 3.05) is 16.9 Å². The van der Waals surface area contributed by atoms with E-state index in [4.69, 9.17) is 11.6 Å². The predicted octanol–water partition coefficient (Wildman–Crippen LogP) is 3.21. The fraction of sp³-hybridized carbons (Fsp3) is 0.308. The Morgan fingerprint density at radius 2 is 2.00 bits per heavy atom. The maximum atomic E-state index is 12.0. The van der Waals surface area contributed by atoms with Gasteiger partial charge in [0.05, 0.1) is 5.75 Å². The molecule has 0 aliphatic heterocycles. The largest absolute Gasteiger partial charge is 0.272 e. The molecule has 21 heavy (non-hydrogen) atoms. The number of rotatable bonds is 6. The number of nitrogens with one attached hydrogen (secondary N) is 1. The minimum atomic E-state index is -0.101. The summed E-state index contributed by atoms with van der Waals surface area (Å²) in [6.45, 7) is 3.83. The van der Waals surface area contributed by atoms with Gasteiger partial charge in [-0.3, -0.25) is 10.2 Å². The van der Waals surface area contributed by atoms with Gasteiger partial charge in [-0.1, -0.05) is 30.3 Å². The van der Waals surface area contributed by atoms with Crippen LogP contribution in [-0.2, 0) is 4.79 Å². The summed E-state index contributed by atoms with van der Waals surface area (Å²) in [5.74, 6) is 1.75. The zero-order chi connectivity index (χ0) is 15.2. The Hall–Kier alpha value is -1.18. The van der Waals surface area contributed by atoms with E-state index in [9.17, 15) is 4.79 Å². The standard InChI is InChI=1S/C13H15ClN4OS2/c1-3-20-13-16-15-9(2)18(13)17-12(19)8-21-11-6-4-10(14)5-7-11/h4-7H,3,8H2,1-2H3,(H,17,19). The van der Waals surface area contributed by atoms with Crippen LogP contribution in [0.3, 0.4) is 0 Å². The first-order chi connectivity index (χ1) is 10.1. The monoisotopic (exact) mass is 342 g/mol. The predicted molar refractivity (Wildman–Crippen MR) is 87.7 cm³/mol. The summed E-state index contributed by atoms with van der Waals surface area (Å²) >= 11 is 8.81. The van der Waals surface area contributed by atoms with Crippen LogP contribution >= 0.6 is 35.1 Å². The highest BCUT2D eigenvalue weighted by Gasteiger charge is 2.11. The zero-order valence-electron chi connectivity index (χ0n) is 11.7. The number of halogens is 1. The molecule has 0 saturated carbocycles. The Morgan fingerprint density at radius 1 is 1.29 bits per heavy atom. The highest BCUT2D eigenvalue weighted by molar-refractivity contribution is 8.00. The number of aromatic nitrogens is 3. The van der Waals surface area contributed by atoms with E-state index in [2.05, 4.69) is 15.6 Å². The normalized spacial score (nSPS) is 10.6. The highest BCUT2D eigenvalue weighted by Crippen LogP contribution is 2.20. The molecule has 1 N–H and O–H groups in total. The van der Waals surface area contributed by atoms with Crippen molar-refractivity contribution in [2.45, 2.75) is 23.9 Å². The summed E-state index contributed by atoms with van der Waals surface area (Å²) < 4.78 is 1.62. The Labute approximate surface area is 136 Å². The van der Waals surface area contributed by atoms with E-state index in [0.717, 1.165) is 10.6 Å². The van der Waals surface area contributed by atoms with Gasteiger partial charge in [-0.25, -0.2) is 4.68 Å². The Kier molecular flexibility index (Phi) is 5.96. The molecule has 0 atom stereocenters. The number of nitrogens with zero attached hydrogens (tertiary/aromatic N) is 3. The zero-order valence-corrected chi connectivity index (χ0v) is 14.1. The SMILES string of the molecule is CCSc1nnc(C)n1NC(=O)CSc1ccc(Cl)cc1. The van der Waals surface area contributed by atoms with Crippen LogP contribution in [0.15, 0.2) is 34.3 Å². The molecule has 1 aromatic heterocycles. The molecule has 1 heterocycles. The van der Waals surface area contributed by atoms with Gasteiger partial charge in [-0.05, 0) is 36.9 Å². The second kappa shape index (κ2) is 7.72. The summed E-state index contributed by atoms with van der Waals surface area (Å²) in [6, 6.07) is 7.40. The van der Waals surface area contributed by atoms with Gasteiger partial charge in [0.2, 0.25) is 11.1 Å². The molecular formula is C13H15ClN4OS2. The molecule has 0 aliphatic carbocycles. The third kappa shape index (κ3) is 4.66. The molecule has 2 rings (SSSR count). The molecule has 0 unspecified atom stereocenters. The van der Waals surface area contributed by atoms with E-state index >= 15 is 0 Å². The van der Waals surface area contributed by atoms with Gasteiger partial charge in [-0.2, -0.15) is 0 Å². The van der Waals surface area contributed by atoms with Crippen LogP contribution in [0.2, 0.25) is 5.02 Å². The summed E-state index contributed by atoms with van der Waals surface area (Å²) in [4.78, 5) is 13.0. The van der Waals surface area contributed by atoms with Gasteiger partial charge < -0.3 is 0 Å². The third-order valence-corrected chi connectivity index (χ3v) is 4.56. The van der Waals surface area contributed by atoms with Crippen molar-refractivity contribution in [1.29, 1.82) is 0 Å². The molecule has 0 spiro atoms. The maximum absolute atomic E-state index is 12.0. The van der Waals surface area contributed by atoms with Crippen molar-refractivity contribution in [2.24, 2.45) is 0 Å². The quantitative estimate of drug-likeness (QED) is 0.817. The Morgan fingerprint density at radius 3 is 2.67 bits per heavy atom. The highest BCUT2D eigenvalue weighted by atomic mass is 35.5. The molecule has 5 nitrogen and oxygen atoms in total. The number of benzene rings is 1. The lowest BCUT2D eigenvalue weighted by atomic mass is 10.4. The number of amides is 1. The molecule has 0 bridgehead atoms. The van der Waals surface area contributed by atoms with Crippen LogP contribution in [0.5, 0.6) is 0 Å². The number of hydrogen-bond donors (Lipinski definition) is 1. The topological polar surface area (TPSA) is 59.8 Å². The summed E-state index contributed by atoms with van der Waals surface area (Å²) in [5, 5.41) is 9.38. The number of carbonyl (C=O) groups excluding carboxylic acids is 1. The van der Waals surface area contributed by atoms with E-state index in [1.54, 1.807) is 11.6 Å². The first kappa shape index (κ1) is 16.2. The molecule has 0 radical (unpaired) electrons. The summed E-state index contributed by atoms with van der Waals surface area (Å²) in [7, 11) is 0. The average Bonchev–Trinajstić information content (AvgIpc) is 2.80. The van der Waals surface area contributed by atoms with Crippen LogP contribution in [0.1, 0.15) is 12.7 Å². The molecule has 0 aliphatic rings. The molecular weight excluding hydrogens is 328 g/mol. The van der Waals surface area contributed by atoms with Crippen LogP contribution in [-0.4, -0.2) is 32.3 Å². The molecule has 0 saturated heterocycles. The first-order valence-electron chi connectivity index (χ1n) is 6.33. The van der Waals surface area contributed by atoms with E-state index in [-0.39, 0.29) is 5.91 Å². The van der Waals surface area contributed by atoms with Gasteiger partial charge in [0.1, 0.15) is 5.82 Å². The van der Waals surface area contributed by atoms with Crippen LogP contribution in [0.4, 0.5) is 0 Å². The van der Waals surface area contributed by atoms with Gasteiger partial charge >= 0.3 is 0 Å². The van der Waals surface area contributed by atoms with E-state index in [0.29, 0.717) is 21.8 Å². The van der Waals surface area contributed by atoms with E-state index in [1.165, 1.54) is 23.5 Å². The molecule has 1 amide bonds. The summed E-state index contributed by atoms with van der Waals surface area (Å²) in [6.07, 6.45) is 0. The average molecular weight is 343 g/mol. The van der Waals surface area contributed by atoms with E-state index in [1.807, 2.05) is 31.2 Å². The fourth-order valence-corrected chi connectivity index (χ4v) is 3.01. The Balaban J connectivity index is 1.92. The first-order valence-corrected chi connectivity index (χ1v) is 8.68. The maximum Gasteiger partial charge on any atom is 0.249 e. The minimum absolute atomic E-state index is 0.101. The fourth-order valence-electron chi connectivity index (χ4n) is 1.53. The molecule has 1 aromatic carbocycles. The second-order valence-electron chi connectivity index (χ2n) is 4.08. The number of carbonyl (C=O) groups is 1. The van der Waals surface area contributed by atoms with Crippen molar-refractivity contribution >= 4 is 41.0 Å². The second-order valence-corrected chi connectivity index (χ2v) is 6.79. The lowest BCUT2D eigenvalue weighted by molar-refractivity contribution is -0.114. The van der Waals surface area contributed by atoms with Gasteiger partial charge in [-0.15, -0.1) is 22.0 Å². The van der Waals surface area contributed by atoms with Crippen LogP contribution < -0.4 is 5.43 Å². The third-order valence-electron chi connectivity index (χ3n) is 2.49. The lowest BCUT2D eigenvalue weighted by Gasteiger charge is -2.09. The molecule has 2 aromatic rings. The van der Waals surface area contributed by atoms with Crippen LogP contribution in [0.25, 0.3) is 0 Å². The van der Waals surface area contributed by atoms with Crippen molar-refractivity contribution in [3.8, 4) is 0 Å². The number of hydrogen-bond acceptors (Lipinski definition) is 5. The smallest absolute Gasteiger partial charge is 0.249 e. The van der Waals surface area contributed by atoms with Gasteiger partial charge in [0, 0.05) is 9.92 Å². The molecule has 112 valence electrons. The number of aryl methyl sites for hydroxylation is 1. The van der Waals surface area contributed by atoms with Crippen molar-refractivity contribution in [3.63, 3.8) is 0 Å². The summed E-state index contributed by atoms with van der Waals surface area (Å²) in [5.41, 5.74) is 2.81. The van der Waals surface area contributed by atoms with Crippen LogP contribution in [0, 0.1) is 6.92 Å². The minimum Gasteiger partial charge on any atom is -0.272 e. The van der Waals surface area contributed by atoms with Gasteiger partial charge in [0.15, 0.2) is 0 Å². The lowest BCUT2D eigenvalue weighted by Crippen LogP contribution is -2.26. The van der Waals surface area contributed by atoms with E-state index < -0.39 is 0 Å². The molecule has 0 fully saturated rings. The number of thioether (sulfide) groups is 2. The Bertz CT molecular complexity index is 615.